The van der Waals surface area contributed by atoms with Gasteiger partial charge in [-0.15, -0.1) is 0 Å². The van der Waals surface area contributed by atoms with Gasteiger partial charge in [0, 0.05) is 38.0 Å². The number of nitrogens with zero attached hydrogens (tertiary/aromatic N) is 1. The van der Waals surface area contributed by atoms with Crippen LogP contribution in [0.4, 0.5) is 15.8 Å². The van der Waals surface area contributed by atoms with Crippen molar-refractivity contribution in [2.24, 2.45) is 5.41 Å². The molecule has 0 aromatic heterocycles. The molecule has 1 atom stereocenters. The van der Waals surface area contributed by atoms with Crippen LogP contribution in [0.5, 0.6) is 0 Å². The Kier molecular flexibility index (Phi) is 7.03. The summed E-state index contributed by atoms with van der Waals surface area (Å²) in [5.74, 6) is -0.444. The first kappa shape index (κ1) is 24.0. The maximum absolute atomic E-state index is 13.8. The van der Waals surface area contributed by atoms with Crippen molar-refractivity contribution in [3.8, 4) is 0 Å². The summed E-state index contributed by atoms with van der Waals surface area (Å²) in [5, 5.41) is 6.47. The lowest BCUT2D eigenvalue weighted by molar-refractivity contribution is -0.120. The van der Waals surface area contributed by atoms with Crippen molar-refractivity contribution in [1.29, 1.82) is 0 Å². The molecule has 4 rings (SSSR count). The van der Waals surface area contributed by atoms with Crippen LogP contribution in [-0.4, -0.2) is 38.5 Å². The molecule has 0 bridgehead atoms. The predicted octanol–water partition coefficient (Wildman–Crippen LogP) is 4.59. The first-order valence-electron chi connectivity index (χ1n) is 11.7. The van der Waals surface area contributed by atoms with Crippen molar-refractivity contribution >= 4 is 23.1 Å². The highest BCUT2D eigenvalue weighted by molar-refractivity contribution is 6.01. The molecule has 0 saturated carbocycles. The summed E-state index contributed by atoms with van der Waals surface area (Å²) in [7, 11) is 1.63. The normalized spacial score (nSPS) is 19.1. The molecule has 2 N–H and O–H groups in total. The number of rotatable bonds is 7. The molecule has 1 unspecified atom stereocenters. The largest absolute Gasteiger partial charge is 0.385 e. The van der Waals surface area contributed by atoms with Gasteiger partial charge in [-0.25, -0.2) is 4.39 Å². The van der Waals surface area contributed by atoms with Gasteiger partial charge in [0.15, 0.2) is 5.78 Å². The molecule has 1 aliphatic heterocycles. The van der Waals surface area contributed by atoms with E-state index in [4.69, 9.17) is 4.74 Å². The van der Waals surface area contributed by atoms with Crippen LogP contribution in [0, 0.1) is 11.2 Å². The molecule has 34 heavy (non-hydrogen) atoms. The topological polar surface area (TPSA) is 70.7 Å². The van der Waals surface area contributed by atoms with E-state index < -0.39 is 6.04 Å². The molecule has 1 heterocycles. The van der Waals surface area contributed by atoms with Crippen molar-refractivity contribution in [2.75, 3.05) is 37.0 Å². The molecule has 0 saturated heterocycles. The number of amides is 1. The average molecular weight is 466 g/mol. The summed E-state index contributed by atoms with van der Waals surface area (Å²) in [6, 6.07) is 13.5. The van der Waals surface area contributed by atoms with E-state index in [0.717, 1.165) is 22.6 Å². The smallest absolute Gasteiger partial charge is 0.239 e. The van der Waals surface area contributed by atoms with Gasteiger partial charge in [0.25, 0.3) is 0 Å². The number of para-hydroxylation sites is 2. The van der Waals surface area contributed by atoms with Gasteiger partial charge in [-0.3, -0.25) is 9.59 Å². The second-order valence-electron chi connectivity index (χ2n) is 9.75. The number of hydrogen-bond donors (Lipinski definition) is 2. The maximum Gasteiger partial charge on any atom is 0.239 e. The third-order valence-corrected chi connectivity index (χ3v) is 6.35. The fourth-order valence-electron chi connectivity index (χ4n) is 4.87. The van der Waals surface area contributed by atoms with E-state index in [0.29, 0.717) is 38.0 Å². The average Bonchev–Trinajstić information content (AvgIpc) is 2.91. The lowest BCUT2D eigenvalue weighted by Crippen LogP contribution is -2.42. The van der Waals surface area contributed by atoms with Gasteiger partial charge < -0.3 is 20.3 Å². The van der Waals surface area contributed by atoms with Crippen LogP contribution in [0.1, 0.15) is 44.7 Å². The van der Waals surface area contributed by atoms with E-state index in [1.54, 1.807) is 19.2 Å². The van der Waals surface area contributed by atoms with Gasteiger partial charge in [0.1, 0.15) is 5.82 Å². The molecule has 2 aromatic carbocycles. The molecule has 1 aliphatic carbocycles. The number of hydrogen-bond acceptors (Lipinski definition) is 5. The Morgan fingerprint density at radius 1 is 1.18 bits per heavy atom. The third kappa shape index (κ3) is 5.14. The van der Waals surface area contributed by atoms with Gasteiger partial charge in [0.05, 0.1) is 24.0 Å². The molecule has 6 nitrogen and oxygen atoms in total. The first-order chi connectivity index (χ1) is 16.3. The molecule has 2 aliphatic rings. The van der Waals surface area contributed by atoms with Crippen molar-refractivity contribution in [1.82, 2.24) is 5.32 Å². The quantitative estimate of drug-likeness (QED) is 0.585. The van der Waals surface area contributed by atoms with Crippen molar-refractivity contribution in [3.63, 3.8) is 0 Å². The second kappa shape index (κ2) is 9.97. The number of Topliss-reactive ketones (excluding diaryl/α,β-unsaturated/α-hetero) is 1. The van der Waals surface area contributed by atoms with Crippen molar-refractivity contribution in [2.45, 2.75) is 39.2 Å². The predicted molar refractivity (Wildman–Crippen MR) is 131 cm³/mol. The molecule has 0 radical (unpaired) electrons. The molecule has 0 spiro atoms. The van der Waals surface area contributed by atoms with E-state index in [1.807, 2.05) is 29.2 Å². The summed E-state index contributed by atoms with van der Waals surface area (Å²) in [5.41, 5.74) is 3.77. The highest BCUT2D eigenvalue weighted by Crippen LogP contribution is 2.48. The number of halogens is 1. The number of carbonyl (C=O) groups excluding carboxylic acids is 2. The fraction of sp³-hybridized carbons (Fsp3) is 0.407. The van der Waals surface area contributed by atoms with Gasteiger partial charge in [0.2, 0.25) is 5.91 Å². The number of ether oxygens (including phenoxy) is 1. The van der Waals surface area contributed by atoms with E-state index in [2.05, 4.69) is 24.5 Å². The van der Waals surface area contributed by atoms with Gasteiger partial charge in [-0.1, -0.05) is 38.1 Å². The number of benzene rings is 2. The highest BCUT2D eigenvalue weighted by atomic mass is 19.1. The van der Waals surface area contributed by atoms with Crippen LogP contribution in [0.15, 0.2) is 59.8 Å². The van der Waals surface area contributed by atoms with E-state index in [-0.39, 0.29) is 29.5 Å². The lowest BCUT2D eigenvalue weighted by atomic mass is 9.73. The van der Waals surface area contributed by atoms with Crippen LogP contribution in [0.2, 0.25) is 0 Å². The lowest BCUT2D eigenvalue weighted by Gasteiger charge is -2.37. The summed E-state index contributed by atoms with van der Waals surface area (Å²) in [6.07, 6.45) is 1.83. The minimum atomic E-state index is -0.514. The molecule has 0 fully saturated rings. The maximum atomic E-state index is 13.8. The SMILES string of the molecule is COCCCNC(=O)CN1c2ccccc2NC2=C(C(=O)CC(C)(C)C2)C1c1ccc(F)cc1. The number of anilines is 2. The van der Waals surface area contributed by atoms with Crippen LogP contribution >= 0.6 is 0 Å². The van der Waals surface area contributed by atoms with Gasteiger partial charge >= 0.3 is 0 Å². The monoisotopic (exact) mass is 465 g/mol. The zero-order valence-electron chi connectivity index (χ0n) is 20.0. The number of methoxy groups -OCH3 is 1. The standard InChI is InChI=1S/C27H32FN3O3/c1-27(2)15-21-25(23(32)16-27)26(18-9-11-19(28)12-10-18)31(17-24(33)29-13-6-14-34-3)22-8-5-4-7-20(22)30-21/h4-5,7-12,26,30H,6,13-17H2,1-3H3,(H,29,33). The molecular formula is C27H32FN3O3. The van der Waals surface area contributed by atoms with E-state index in [9.17, 15) is 14.0 Å². The minimum absolute atomic E-state index is 0.0476. The Balaban J connectivity index is 1.80. The van der Waals surface area contributed by atoms with Gasteiger partial charge in [-0.05, 0) is 48.1 Å². The first-order valence-corrected chi connectivity index (χ1v) is 11.7. The molecule has 180 valence electrons. The molecular weight excluding hydrogens is 433 g/mol. The number of allylic oxidation sites excluding steroid dienone is 1. The summed E-state index contributed by atoms with van der Waals surface area (Å²) >= 11 is 0. The van der Waals surface area contributed by atoms with E-state index in [1.165, 1.54) is 12.1 Å². The van der Waals surface area contributed by atoms with Gasteiger partial charge in [-0.2, -0.15) is 0 Å². The minimum Gasteiger partial charge on any atom is -0.385 e. The van der Waals surface area contributed by atoms with Crippen LogP contribution in [0.25, 0.3) is 0 Å². The number of fused-ring (bicyclic) bond motifs is 1. The number of carbonyl (C=O) groups is 2. The number of nitrogens with one attached hydrogen (secondary N) is 2. The molecule has 1 amide bonds. The Labute approximate surface area is 200 Å². The fourth-order valence-corrected chi connectivity index (χ4v) is 4.87. The van der Waals surface area contributed by atoms with Crippen molar-refractivity contribution < 1.29 is 18.7 Å². The van der Waals surface area contributed by atoms with E-state index >= 15 is 0 Å². The zero-order valence-corrected chi connectivity index (χ0v) is 20.0. The van der Waals surface area contributed by atoms with Crippen molar-refractivity contribution in [3.05, 3.63) is 71.2 Å². The van der Waals surface area contributed by atoms with Crippen LogP contribution in [-0.2, 0) is 14.3 Å². The zero-order chi connectivity index (χ0) is 24.3. The Bertz CT molecular complexity index is 1090. The molecule has 7 heteroatoms. The summed E-state index contributed by atoms with van der Waals surface area (Å²) in [6.45, 7) is 5.30. The Hall–Kier alpha value is -3.19. The Morgan fingerprint density at radius 2 is 1.91 bits per heavy atom. The summed E-state index contributed by atoms with van der Waals surface area (Å²) < 4.78 is 18.9. The van der Waals surface area contributed by atoms with Crippen LogP contribution < -0.4 is 15.5 Å². The second-order valence-corrected chi connectivity index (χ2v) is 9.75. The Morgan fingerprint density at radius 3 is 2.65 bits per heavy atom. The highest BCUT2D eigenvalue weighted by Gasteiger charge is 2.41. The third-order valence-electron chi connectivity index (χ3n) is 6.35. The number of ketones is 1. The van der Waals surface area contributed by atoms with Crippen LogP contribution in [0.3, 0.4) is 0 Å². The molecule has 2 aromatic rings. The summed E-state index contributed by atoms with van der Waals surface area (Å²) in [4.78, 5) is 28.5.